The summed E-state index contributed by atoms with van der Waals surface area (Å²) in [6.07, 6.45) is -0.501. The monoisotopic (exact) mass is 308 g/mol. The van der Waals surface area contributed by atoms with Gasteiger partial charge in [-0.1, -0.05) is 30.3 Å². The summed E-state index contributed by atoms with van der Waals surface area (Å²) in [5.41, 5.74) is 0.399. The second-order valence-corrected chi connectivity index (χ2v) is 6.66. The van der Waals surface area contributed by atoms with Crippen molar-refractivity contribution >= 4 is 6.09 Å². The van der Waals surface area contributed by atoms with E-state index in [2.05, 4.69) is 5.32 Å². The summed E-state index contributed by atoms with van der Waals surface area (Å²) in [6.45, 7) is 7.61. The quantitative estimate of drug-likeness (QED) is 0.686. The first kappa shape index (κ1) is 16.7. The SMILES string of the molecule is CC1C(NC(=O)OC(C)(C)C)C[N+]1([O-])OCc1ccccc1. The summed E-state index contributed by atoms with van der Waals surface area (Å²) in [5.74, 6) is 0. The number of quaternary nitrogens is 1. The van der Waals surface area contributed by atoms with Gasteiger partial charge < -0.3 is 15.3 Å². The zero-order valence-electron chi connectivity index (χ0n) is 13.5. The van der Waals surface area contributed by atoms with E-state index in [1.54, 1.807) is 27.7 Å². The minimum absolute atomic E-state index is 0.188. The number of alkyl carbamates (subject to hydrolysis) is 1. The number of carbonyl (C=O) groups is 1. The Morgan fingerprint density at radius 1 is 1.36 bits per heavy atom. The molecular weight excluding hydrogens is 284 g/mol. The van der Waals surface area contributed by atoms with Gasteiger partial charge in [0.1, 0.15) is 30.8 Å². The Balaban J connectivity index is 1.80. The fraction of sp³-hybridized carbons (Fsp3) is 0.562. The molecule has 1 heterocycles. The Morgan fingerprint density at radius 2 is 2.00 bits per heavy atom. The number of hydroxylamine groups is 4. The summed E-state index contributed by atoms with van der Waals surface area (Å²) in [6, 6.07) is 8.94. The molecule has 0 saturated carbocycles. The van der Waals surface area contributed by atoms with Gasteiger partial charge in [-0.3, -0.25) is 0 Å². The van der Waals surface area contributed by atoms with Crippen molar-refractivity contribution < 1.29 is 19.2 Å². The van der Waals surface area contributed by atoms with Crippen LogP contribution in [0.5, 0.6) is 0 Å². The first-order valence-corrected chi connectivity index (χ1v) is 7.46. The molecule has 1 amide bonds. The van der Waals surface area contributed by atoms with E-state index < -0.39 is 16.5 Å². The van der Waals surface area contributed by atoms with E-state index in [0.717, 1.165) is 5.56 Å². The predicted molar refractivity (Wildman–Crippen MR) is 82.3 cm³/mol. The molecule has 0 radical (unpaired) electrons. The minimum Gasteiger partial charge on any atom is -0.598 e. The summed E-state index contributed by atoms with van der Waals surface area (Å²) in [7, 11) is 0. The number of nitrogens with zero attached hydrogens (tertiary/aromatic N) is 1. The Morgan fingerprint density at radius 3 is 2.55 bits per heavy atom. The molecule has 1 saturated heterocycles. The normalized spacial score (nSPS) is 27.9. The van der Waals surface area contributed by atoms with Gasteiger partial charge in [-0.05, 0) is 33.3 Å². The second kappa shape index (κ2) is 6.24. The van der Waals surface area contributed by atoms with Crippen molar-refractivity contribution in [2.24, 2.45) is 0 Å². The second-order valence-electron chi connectivity index (χ2n) is 6.66. The summed E-state index contributed by atoms with van der Waals surface area (Å²) >= 11 is 0. The molecule has 0 aliphatic carbocycles. The predicted octanol–water partition coefficient (Wildman–Crippen LogP) is 2.73. The fourth-order valence-corrected chi connectivity index (χ4v) is 2.28. The van der Waals surface area contributed by atoms with Crippen molar-refractivity contribution in [3.63, 3.8) is 0 Å². The molecule has 6 heteroatoms. The molecule has 1 aromatic carbocycles. The van der Waals surface area contributed by atoms with E-state index in [1.165, 1.54) is 0 Å². The molecule has 0 spiro atoms. The molecule has 22 heavy (non-hydrogen) atoms. The van der Waals surface area contributed by atoms with Crippen LogP contribution >= 0.6 is 0 Å². The largest absolute Gasteiger partial charge is 0.598 e. The Labute approximate surface area is 131 Å². The van der Waals surface area contributed by atoms with Gasteiger partial charge in [0.25, 0.3) is 0 Å². The van der Waals surface area contributed by atoms with Crippen LogP contribution < -0.4 is 5.32 Å². The van der Waals surface area contributed by atoms with Gasteiger partial charge in [-0.2, -0.15) is 4.84 Å². The molecule has 6 nitrogen and oxygen atoms in total. The van der Waals surface area contributed by atoms with Crippen molar-refractivity contribution in [3.8, 4) is 0 Å². The van der Waals surface area contributed by atoms with Crippen LogP contribution in [0.3, 0.4) is 0 Å². The Hall–Kier alpha value is -1.63. The van der Waals surface area contributed by atoms with Crippen molar-refractivity contribution in [2.75, 3.05) is 6.54 Å². The molecule has 3 unspecified atom stereocenters. The van der Waals surface area contributed by atoms with Crippen LogP contribution in [0.25, 0.3) is 0 Å². The molecule has 0 bridgehead atoms. The first-order valence-electron chi connectivity index (χ1n) is 7.46. The minimum atomic E-state index is -0.755. The number of nitrogens with one attached hydrogen (secondary N) is 1. The number of hydrogen-bond donors (Lipinski definition) is 1. The average molecular weight is 308 g/mol. The lowest BCUT2D eigenvalue weighted by atomic mass is 10.0. The van der Waals surface area contributed by atoms with Gasteiger partial charge in [0.05, 0.1) is 0 Å². The summed E-state index contributed by atoms with van der Waals surface area (Å²) in [5, 5.41) is 15.2. The van der Waals surface area contributed by atoms with Crippen LogP contribution in [-0.2, 0) is 16.2 Å². The highest BCUT2D eigenvalue weighted by atomic mass is 16.9. The van der Waals surface area contributed by atoms with Crippen molar-refractivity contribution in [1.82, 2.24) is 5.32 Å². The number of benzene rings is 1. The van der Waals surface area contributed by atoms with Gasteiger partial charge in [0, 0.05) is 0 Å². The van der Waals surface area contributed by atoms with Gasteiger partial charge in [0.15, 0.2) is 0 Å². The van der Waals surface area contributed by atoms with E-state index >= 15 is 0 Å². The molecule has 122 valence electrons. The lowest BCUT2D eigenvalue weighted by molar-refractivity contribution is -1.12. The number of carbonyl (C=O) groups excluding carboxylic acids is 1. The molecule has 1 N–H and O–H groups in total. The number of hydrogen-bond acceptors (Lipinski definition) is 4. The maximum Gasteiger partial charge on any atom is 0.408 e. The standard InChI is InChI=1S/C16H24N2O4/c1-12-14(17-15(19)22-16(2,3)4)10-18(12,20)21-11-13-8-6-5-7-9-13/h5-9,12,14H,10-11H2,1-4H3,(H,17,19). The lowest BCUT2D eigenvalue weighted by Crippen LogP contribution is -2.73. The van der Waals surface area contributed by atoms with Crippen LogP contribution in [-0.4, -0.2) is 35.1 Å². The van der Waals surface area contributed by atoms with Crippen molar-refractivity contribution in [3.05, 3.63) is 41.1 Å². The third kappa shape index (κ3) is 4.19. The van der Waals surface area contributed by atoms with Crippen LogP contribution in [0.1, 0.15) is 33.3 Å². The van der Waals surface area contributed by atoms with Crippen molar-refractivity contribution in [2.45, 2.75) is 52.0 Å². The van der Waals surface area contributed by atoms with Gasteiger partial charge in [-0.25, -0.2) is 9.60 Å². The number of ether oxygens (including phenoxy) is 1. The highest BCUT2D eigenvalue weighted by Gasteiger charge is 2.49. The fourth-order valence-electron chi connectivity index (χ4n) is 2.28. The molecule has 2 rings (SSSR count). The zero-order chi connectivity index (χ0) is 16.4. The third-order valence-corrected chi connectivity index (χ3v) is 3.65. The average Bonchev–Trinajstić information content (AvgIpc) is 2.43. The molecule has 1 aliphatic rings. The summed E-state index contributed by atoms with van der Waals surface area (Å²) < 4.78 is 5.19. The Kier molecular flexibility index (Phi) is 4.75. The van der Waals surface area contributed by atoms with Gasteiger partial charge in [-0.15, -0.1) is 0 Å². The van der Waals surface area contributed by atoms with E-state index in [0.29, 0.717) is 0 Å². The third-order valence-electron chi connectivity index (χ3n) is 3.65. The molecule has 0 aromatic heterocycles. The van der Waals surface area contributed by atoms with Crippen molar-refractivity contribution in [1.29, 1.82) is 0 Å². The number of rotatable bonds is 4. The van der Waals surface area contributed by atoms with Crippen LogP contribution in [0.15, 0.2) is 30.3 Å². The van der Waals surface area contributed by atoms with Crippen LogP contribution in [0, 0.1) is 5.21 Å². The summed E-state index contributed by atoms with van der Waals surface area (Å²) in [4.78, 5) is 16.4. The van der Waals surface area contributed by atoms with Gasteiger partial charge >= 0.3 is 6.09 Å². The molecule has 1 fully saturated rings. The number of amides is 1. The molecule has 3 atom stereocenters. The maximum atomic E-state index is 12.5. The topological polar surface area (TPSA) is 70.6 Å². The van der Waals surface area contributed by atoms with E-state index in [4.69, 9.17) is 9.57 Å². The zero-order valence-corrected chi connectivity index (χ0v) is 13.5. The molecule has 1 aromatic rings. The maximum absolute atomic E-state index is 12.5. The lowest BCUT2D eigenvalue weighted by Gasteiger charge is -2.55. The Bertz CT molecular complexity index is 515. The van der Waals surface area contributed by atoms with E-state index in [1.807, 2.05) is 30.3 Å². The van der Waals surface area contributed by atoms with Crippen LogP contribution in [0.2, 0.25) is 0 Å². The van der Waals surface area contributed by atoms with Gasteiger partial charge in [0.2, 0.25) is 0 Å². The molecule has 1 aliphatic heterocycles. The smallest absolute Gasteiger partial charge is 0.408 e. The van der Waals surface area contributed by atoms with E-state index in [9.17, 15) is 10.0 Å². The van der Waals surface area contributed by atoms with Crippen LogP contribution in [0.4, 0.5) is 4.79 Å². The highest BCUT2D eigenvalue weighted by molar-refractivity contribution is 5.68. The first-order chi connectivity index (χ1) is 10.2. The van der Waals surface area contributed by atoms with E-state index in [-0.39, 0.29) is 25.2 Å². The molecular formula is C16H24N2O4. The highest BCUT2D eigenvalue weighted by Crippen LogP contribution is 2.29.